The molecule has 1 aromatic carbocycles. The second-order valence-electron chi connectivity index (χ2n) is 2.34. The van der Waals surface area contributed by atoms with E-state index in [1.165, 1.54) is 5.56 Å². The summed E-state index contributed by atoms with van der Waals surface area (Å²) in [5.74, 6) is 2.83. The smallest absolute Gasteiger partial charge is 0.0553 e. The maximum Gasteiger partial charge on any atom is 0.0553 e. The summed E-state index contributed by atoms with van der Waals surface area (Å²) in [6, 6.07) is 7.98. The zero-order valence-corrected chi connectivity index (χ0v) is 10.9. The molecule has 0 aromatic heterocycles. The van der Waals surface area contributed by atoms with Gasteiger partial charge in [0.2, 0.25) is 0 Å². The van der Waals surface area contributed by atoms with Crippen LogP contribution in [0.4, 0.5) is 0 Å². The largest absolute Gasteiger partial charge is 0.395 e. The molecule has 0 atom stereocenters. The minimum Gasteiger partial charge on any atom is -0.395 e. The van der Waals surface area contributed by atoms with Gasteiger partial charge >= 0.3 is 0 Å². The zero-order chi connectivity index (χ0) is 12.1. The Labute approximate surface area is 105 Å². The van der Waals surface area contributed by atoms with Crippen molar-refractivity contribution in [2.45, 2.75) is 6.54 Å². The van der Waals surface area contributed by atoms with Gasteiger partial charge in [0.1, 0.15) is 0 Å². The lowest BCUT2D eigenvalue weighted by Crippen LogP contribution is -2.02. The van der Waals surface area contributed by atoms with Crippen LogP contribution in [0.1, 0.15) is 5.56 Å². The highest BCUT2D eigenvalue weighted by molar-refractivity contribution is 9.10. The number of benzene rings is 1. The molecule has 0 spiro atoms. The van der Waals surface area contributed by atoms with Gasteiger partial charge in [-0.1, -0.05) is 40.3 Å². The highest BCUT2D eigenvalue weighted by atomic mass is 79.9. The van der Waals surface area contributed by atoms with Crippen LogP contribution in [0.3, 0.4) is 0 Å². The molecule has 0 unspecified atom stereocenters. The van der Waals surface area contributed by atoms with Crippen LogP contribution in [0.15, 0.2) is 28.7 Å². The van der Waals surface area contributed by atoms with Gasteiger partial charge in [0.15, 0.2) is 0 Å². The van der Waals surface area contributed by atoms with Crippen molar-refractivity contribution in [3.63, 3.8) is 0 Å². The Bertz CT molecular complexity index is 229. The fraction of sp³-hybridized carbons (Fsp3) is 0.300. The Morgan fingerprint density at radius 1 is 1.20 bits per heavy atom. The van der Waals surface area contributed by atoms with Gasteiger partial charge in [-0.3, -0.25) is 0 Å². The summed E-state index contributed by atoms with van der Waals surface area (Å²) < 4.78 is 1.10. The lowest BCUT2D eigenvalue weighted by atomic mass is 10.2. The molecule has 5 N–H and O–H groups in total. The van der Waals surface area contributed by atoms with E-state index in [0.29, 0.717) is 13.1 Å². The molecule has 0 saturated carbocycles. The number of rotatable bonds is 2. The SMILES string of the molecule is C=S.NCCO.NCc1ccc(Br)cc1. The van der Waals surface area contributed by atoms with Crippen molar-refractivity contribution < 1.29 is 5.11 Å². The van der Waals surface area contributed by atoms with Gasteiger partial charge < -0.3 is 16.6 Å². The van der Waals surface area contributed by atoms with Gasteiger partial charge in [-0.25, -0.2) is 0 Å². The van der Waals surface area contributed by atoms with Crippen LogP contribution in [-0.4, -0.2) is 24.1 Å². The fourth-order valence-corrected chi connectivity index (χ4v) is 0.885. The summed E-state index contributed by atoms with van der Waals surface area (Å²) in [6.07, 6.45) is 0. The van der Waals surface area contributed by atoms with Gasteiger partial charge in [-0.05, 0) is 23.6 Å². The molecule has 0 radical (unpaired) electrons. The average Bonchev–Trinajstić information content (AvgIpc) is 2.33. The molecule has 1 aromatic rings. The van der Waals surface area contributed by atoms with Gasteiger partial charge in [-0.15, -0.1) is 0 Å². The van der Waals surface area contributed by atoms with Gasteiger partial charge in [0.05, 0.1) is 6.61 Å². The molecular formula is C10H17BrN2OS. The Hall–Kier alpha value is -0.330. The standard InChI is InChI=1S/C7H8BrN.C2H7NO.CH2S/c8-7-3-1-6(5-9)2-4-7;3-1-2-4;1-2/h1-4H,5,9H2;4H,1-3H2;1H2. The number of aliphatic hydroxyl groups is 1. The van der Waals surface area contributed by atoms with E-state index in [-0.39, 0.29) is 6.61 Å². The molecular weight excluding hydrogens is 276 g/mol. The van der Waals surface area contributed by atoms with Crippen molar-refractivity contribution in [2.75, 3.05) is 13.2 Å². The number of nitrogens with two attached hydrogens (primary N) is 2. The molecule has 0 aliphatic rings. The maximum absolute atomic E-state index is 7.75. The van der Waals surface area contributed by atoms with Gasteiger partial charge in [0.25, 0.3) is 0 Å². The van der Waals surface area contributed by atoms with E-state index in [0.717, 1.165) is 4.47 Å². The molecule has 0 amide bonds. The van der Waals surface area contributed by atoms with E-state index < -0.39 is 0 Å². The molecule has 3 nitrogen and oxygen atoms in total. The molecule has 86 valence electrons. The third-order valence-electron chi connectivity index (χ3n) is 1.28. The Kier molecular flexibility index (Phi) is 15.6. The Morgan fingerprint density at radius 3 is 1.87 bits per heavy atom. The lowest BCUT2D eigenvalue weighted by Gasteiger charge is -1.93. The summed E-state index contributed by atoms with van der Waals surface area (Å²) in [5.41, 5.74) is 11.3. The normalized spacial score (nSPS) is 8.00. The third-order valence-corrected chi connectivity index (χ3v) is 1.81. The van der Waals surface area contributed by atoms with Crippen LogP contribution < -0.4 is 11.5 Å². The molecule has 0 heterocycles. The Balaban J connectivity index is 0. The topological polar surface area (TPSA) is 72.3 Å². The summed E-state index contributed by atoms with van der Waals surface area (Å²) in [7, 11) is 0. The second-order valence-corrected chi connectivity index (χ2v) is 3.26. The third kappa shape index (κ3) is 11.6. The predicted octanol–water partition coefficient (Wildman–Crippen LogP) is 1.46. The van der Waals surface area contributed by atoms with Crippen molar-refractivity contribution in [3.8, 4) is 0 Å². The van der Waals surface area contributed by atoms with Crippen molar-refractivity contribution in [2.24, 2.45) is 11.5 Å². The average molecular weight is 293 g/mol. The molecule has 0 aliphatic carbocycles. The first-order valence-corrected chi connectivity index (χ1v) is 5.66. The quantitative estimate of drug-likeness (QED) is 0.722. The van der Waals surface area contributed by atoms with Gasteiger partial charge in [-0.2, -0.15) is 0 Å². The van der Waals surface area contributed by atoms with Crippen molar-refractivity contribution >= 4 is 34.0 Å². The second kappa shape index (κ2) is 13.7. The fourth-order valence-electron chi connectivity index (χ4n) is 0.620. The molecule has 5 heteroatoms. The molecule has 0 saturated heterocycles. The highest BCUT2D eigenvalue weighted by Crippen LogP contribution is 2.09. The van der Waals surface area contributed by atoms with Crippen LogP contribution in [-0.2, 0) is 6.54 Å². The first-order chi connectivity index (χ1) is 7.24. The van der Waals surface area contributed by atoms with Crippen LogP contribution in [0, 0.1) is 0 Å². The number of hydrogen-bond donors (Lipinski definition) is 3. The number of halogens is 1. The number of thiocarbonyl (C=S) groups is 1. The minimum absolute atomic E-state index is 0.0972. The van der Waals surface area contributed by atoms with Crippen LogP contribution in [0.25, 0.3) is 0 Å². The monoisotopic (exact) mass is 292 g/mol. The van der Waals surface area contributed by atoms with E-state index in [4.69, 9.17) is 16.6 Å². The highest BCUT2D eigenvalue weighted by Gasteiger charge is 1.86. The molecule has 0 bridgehead atoms. The van der Waals surface area contributed by atoms with Crippen LogP contribution in [0.5, 0.6) is 0 Å². The minimum atomic E-state index is 0.0972. The zero-order valence-electron chi connectivity index (χ0n) is 8.53. The van der Waals surface area contributed by atoms with E-state index in [2.05, 4.69) is 34.0 Å². The molecule has 0 fully saturated rings. The van der Waals surface area contributed by atoms with Crippen LogP contribution >= 0.6 is 28.1 Å². The summed E-state index contributed by atoms with van der Waals surface area (Å²) >= 11 is 7.17. The summed E-state index contributed by atoms with van der Waals surface area (Å²) in [5, 5.41) is 7.75. The number of aliphatic hydroxyl groups excluding tert-OH is 1. The molecule has 15 heavy (non-hydrogen) atoms. The molecule has 1 rings (SSSR count). The lowest BCUT2D eigenvalue weighted by molar-refractivity contribution is 0.306. The maximum atomic E-state index is 7.75. The van der Waals surface area contributed by atoms with E-state index >= 15 is 0 Å². The first-order valence-electron chi connectivity index (χ1n) is 4.29. The Morgan fingerprint density at radius 2 is 1.60 bits per heavy atom. The van der Waals surface area contributed by atoms with Crippen molar-refractivity contribution in [1.82, 2.24) is 0 Å². The number of hydrogen-bond acceptors (Lipinski definition) is 4. The summed E-state index contributed by atoms with van der Waals surface area (Å²) in [6.45, 7) is 1.09. The van der Waals surface area contributed by atoms with Crippen molar-refractivity contribution in [1.29, 1.82) is 0 Å². The van der Waals surface area contributed by atoms with E-state index in [1.54, 1.807) is 0 Å². The first kappa shape index (κ1) is 17.1. The van der Waals surface area contributed by atoms with E-state index in [9.17, 15) is 0 Å². The van der Waals surface area contributed by atoms with Gasteiger partial charge in [0, 0.05) is 17.6 Å². The van der Waals surface area contributed by atoms with E-state index in [1.807, 2.05) is 24.3 Å². The predicted molar refractivity (Wildman–Crippen MR) is 72.9 cm³/mol. The van der Waals surface area contributed by atoms with Crippen LogP contribution in [0.2, 0.25) is 0 Å². The molecule has 0 aliphatic heterocycles. The summed E-state index contributed by atoms with van der Waals surface area (Å²) in [4.78, 5) is 0. The van der Waals surface area contributed by atoms with Crippen molar-refractivity contribution in [3.05, 3.63) is 34.3 Å².